The van der Waals surface area contributed by atoms with Gasteiger partial charge in [-0.1, -0.05) is 30.3 Å². The number of nitrogens with zero attached hydrogens (tertiary/aromatic N) is 5. The zero-order chi connectivity index (χ0) is 29.3. The van der Waals surface area contributed by atoms with Crippen LogP contribution < -0.4 is 5.32 Å². The molecular weight excluding hydrogens is 538 g/mol. The lowest BCUT2D eigenvalue weighted by atomic mass is 9.94. The highest BCUT2D eigenvalue weighted by Crippen LogP contribution is 2.44. The number of rotatable bonds is 8. The van der Waals surface area contributed by atoms with Crippen LogP contribution in [0.15, 0.2) is 49.2 Å². The molecule has 0 spiro atoms. The van der Waals surface area contributed by atoms with Gasteiger partial charge in [-0.05, 0) is 70.6 Å². The largest absolute Gasteiger partial charge is 0.351 e. The Kier molecular flexibility index (Phi) is 8.28. The highest BCUT2D eigenvalue weighted by atomic mass is 35.5. The lowest BCUT2D eigenvalue weighted by Gasteiger charge is -2.32. The van der Waals surface area contributed by atoms with Crippen LogP contribution >= 0.6 is 11.6 Å². The maximum Gasteiger partial charge on any atom is 0.251 e. The van der Waals surface area contributed by atoms with E-state index in [1.165, 1.54) is 6.08 Å². The molecule has 4 aromatic rings. The number of carbonyl (C=O) groups is 2. The van der Waals surface area contributed by atoms with E-state index in [2.05, 4.69) is 33.7 Å². The molecule has 1 fully saturated rings. The molecule has 5 rings (SSSR count). The number of fused-ring (bicyclic) bond motifs is 1. The van der Waals surface area contributed by atoms with Crippen molar-refractivity contribution < 1.29 is 9.59 Å². The van der Waals surface area contributed by atoms with Crippen molar-refractivity contribution in [2.75, 3.05) is 40.3 Å². The van der Waals surface area contributed by atoms with Crippen LogP contribution in [0.1, 0.15) is 40.5 Å². The Hall–Kier alpha value is -3.95. The van der Waals surface area contributed by atoms with Crippen LogP contribution in [0.4, 0.5) is 0 Å². The molecule has 0 atom stereocenters. The van der Waals surface area contributed by atoms with Gasteiger partial charge in [0, 0.05) is 59.5 Å². The van der Waals surface area contributed by atoms with E-state index in [1.54, 1.807) is 6.20 Å². The second-order valence-electron chi connectivity index (χ2n) is 10.9. The van der Waals surface area contributed by atoms with Gasteiger partial charge in [-0.3, -0.25) is 19.4 Å². The quantitative estimate of drug-likeness (QED) is 0.289. The first kappa shape index (κ1) is 28.6. The minimum Gasteiger partial charge on any atom is -0.351 e. The van der Waals surface area contributed by atoms with Crippen LogP contribution in [0.25, 0.3) is 33.3 Å². The van der Waals surface area contributed by atoms with Gasteiger partial charge in [-0.25, -0.2) is 0 Å². The molecule has 41 heavy (non-hydrogen) atoms. The molecule has 10 heteroatoms. The smallest absolute Gasteiger partial charge is 0.251 e. The van der Waals surface area contributed by atoms with Gasteiger partial charge in [0.05, 0.1) is 22.8 Å². The Morgan fingerprint density at radius 2 is 1.88 bits per heavy atom. The summed E-state index contributed by atoms with van der Waals surface area (Å²) in [6.45, 7) is 10.3. The van der Waals surface area contributed by atoms with Gasteiger partial charge >= 0.3 is 0 Å². The highest BCUT2D eigenvalue weighted by Gasteiger charge is 2.29. The van der Waals surface area contributed by atoms with E-state index in [0.29, 0.717) is 30.2 Å². The van der Waals surface area contributed by atoms with Gasteiger partial charge in [0.2, 0.25) is 5.91 Å². The van der Waals surface area contributed by atoms with Gasteiger partial charge in [-0.2, -0.15) is 10.2 Å². The van der Waals surface area contributed by atoms with Gasteiger partial charge in [-0.15, -0.1) is 0 Å². The number of aryl methyl sites for hydroxylation is 1. The van der Waals surface area contributed by atoms with Crippen molar-refractivity contribution >= 4 is 34.3 Å². The van der Waals surface area contributed by atoms with Gasteiger partial charge < -0.3 is 15.1 Å². The number of aromatic amines is 1. The summed E-state index contributed by atoms with van der Waals surface area (Å²) in [7, 11) is 3.95. The Morgan fingerprint density at radius 3 is 2.54 bits per heavy atom. The van der Waals surface area contributed by atoms with Crippen molar-refractivity contribution in [3.05, 3.63) is 71.0 Å². The van der Waals surface area contributed by atoms with Crippen molar-refractivity contribution in [3.63, 3.8) is 0 Å². The molecular formula is C31H36ClN7O2. The summed E-state index contributed by atoms with van der Waals surface area (Å²) in [6, 6.07) is 9.69. The van der Waals surface area contributed by atoms with Gasteiger partial charge in [0.1, 0.15) is 5.69 Å². The number of benzene rings is 2. The summed E-state index contributed by atoms with van der Waals surface area (Å²) in [5, 5.41) is 17.1. The van der Waals surface area contributed by atoms with Crippen molar-refractivity contribution in [1.82, 2.24) is 35.1 Å². The van der Waals surface area contributed by atoms with Crippen LogP contribution in [-0.2, 0) is 4.79 Å². The zero-order valence-corrected chi connectivity index (χ0v) is 24.8. The number of nitrogens with one attached hydrogen (secondary N) is 2. The highest BCUT2D eigenvalue weighted by molar-refractivity contribution is 6.36. The second kappa shape index (κ2) is 11.9. The molecule has 1 aliphatic heterocycles. The van der Waals surface area contributed by atoms with E-state index in [0.717, 1.165) is 63.9 Å². The number of H-pyrrole nitrogens is 1. The Labute approximate surface area is 245 Å². The number of amides is 2. The molecule has 0 aliphatic carbocycles. The minimum atomic E-state index is -0.108. The molecule has 9 nitrogen and oxygen atoms in total. The van der Waals surface area contributed by atoms with Crippen molar-refractivity contribution in [2.24, 2.45) is 0 Å². The fourth-order valence-electron chi connectivity index (χ4n) is 5.56. The predicted molar refractivity (Wildman–Crippen MR) is 163 cm³/mol. The third-order valence-electron chi connectivity index (χ3n) is 7.83. The average molecular weight is 574 g/mol. The molecule has 0 bridgehead atoms. The molecule has 2 aromatic carbocycles. The van der Waals surface area contributed by atoms with Crippen LogP contribution in [0.3, 0.4) is 0 Å². The number of piperidine rings is 1. The first-order valence-electron chi connectivity index (χ1n) is 13.9. The van der Waals surface area contributed by atoms with Crippen molar-refractivity contribution in [2.45, 2.75) is 32.7 Å². The second-order valence-corrected chi connectivity index (χ2v) is 11.2. The standard InChI is InChI=1S/C31H36ClN7O2/c1-6-26(40)38-14-11-23(12-15-38)39-20(3)27(28-24-18-34-35-25(24)17-19(2)29(28)32)30(36-39)21-7-9-22(10-8-21)31(41)33-13-16-37(4)5/h6-10,17-18,23H,1,11-16H2,2-5H3,(H,33,41)(H,34,35). The molecule has 0 saturated carbocycles. The summed E-state index contributed by atoms with van der Waals surface area (Å²) >= 11 is 7.01. The fourth-order valence-corrected chi connectivity index (χ4v) is 5.81. The number of aromatic nitrogens is 4. The van der Waals surface area contributed by atoms with Gasteiger partial charge in [0.15, 0.2) is 0 Å². The summed E-state index contributed by atoms with van der Waals surface area (Å²) in [5.41, 5.74) is 6.95. The van der Waals surface area contributed by atoms with E-state index >= 15 is 0 Å². The monoisotopic (exact) mass is 573 g/mol. The maximum atomic E-state index is 12.7. The lowest BCUT2D eigenvalue weighted by molar-refractivity contribution is -0.127. The summed E-state index contributed by atoms with van der Waals surface area (Å²) < 4.78 is 2.09. The SMILES string of the molecule is C=CC(=O)N1CCC(n2nc(-c3ccc(C(=O)NCCN(C)C)cc3)c(-c3c(Cl)c(C)cc4[nH]ncc34)c2C)CC1. The Morgan fingerprint density at radius 1 is 1.17 bits per heavy atom. The molecule has 214 valence electrons. The fraction of sp³-hybridized carbons (Fsp3) is 0.355. The number of likely N-dealkylation sites (N-methyl/N-ethyl adjacent to an activating group) is 1. The summed E-state index contributed by atoms with van der Waals surface area (Å²) in [5.74, 6) is -0.148. The normalized spacial score (nSPS) is 14.1. The number of carbonyl (C=O) groups excluding carboxylic acids is 2. The van der Waals surface area contributed by atoms with E-state index in [-0.39, 0.29) is 17.9 Å². The minimum absolute atomic E-state index is 0.0400. The van der Waals surface area contributed by atoms with Crippen molar-refractivity contribution in [3.8, 4) is 22.4 Å². The Bertz CT molecular complexity index is 1590. The number of likely N-dealkylation sites (tertiary alicyclic amines) is 1. The van der Waals surface area contributed by atoms with E-state index in [9.17, 15) is 9.59 Å². The van der Waals surface area contributed by atoms with Crippen LogP contribution in [0, 0.1) is 13.8 Å². The summed E-state index contributed by atoms with van der Waals surface area (Å²) in [4.78, 5) is 28.7. The zero-order valence-electron chi connectivity index (χ0n) is 24.0. The van der Waals surface area contributed by atoms with E-state index in [1.807, 2.05) is 61.2 Å². The van der Waals surface area contributed by atoms with Crippen LogP contribution in [-0.4, -0.2) is 81.9 Å². The number of halogens is 1. The topological polar surface area (TPSA) is 99.1 Å². The third-order valence-corrected chi connectivity index (χ3v) is 8.31. The molecule has 0 radical (unpaired) electrons. The van der Waals surface area contributed by atoms with Crippen molar-refractivity contribution in [1.29, 1.82) is 0 Å². The van der Waals surface area contributed by atoms with Gasteiger partial charge in [0.25, 0.3) is 5.91 Å². The maximum absolute atomic E-state index is 12.7. The van der Waals surface area contributed by atoms with Crippen LogP contribution in [0.5, 0.6) is 0 Å². The Balaban J connectivity index is 1.57. The molecule has 2 aromatic heterocycles. The first-order valence-corrected chi connectivity index (χ1v) is 14.2. The number of hydrogen-bond donors (Lipinski definition) is 2. The molecule has 3 heterocycles. The molecule has 2 N–H and O–H groups in total. The lowest BCUT2D eigenvalue weighted by Crippen LogP contribution is -2.38. The molecule has 1 saturated heterocycles. The molecule has 0 unspecified atom stereocenters. The van der Waals surface area contributed by atoms with Crippen LogP contribution in [0.2, 0.25) is 5.02 Å². The van der Waals surface area contributed by atoms with E-state index in [4.69, 9.17) is 16.7 Å². The molecule has 2 amide bonds. The summed E-state index contributed by atoms with van der Waals surface area (Å²) in [6.07, 6.45) is 4.75. The average Bonchev–Trinajstić information content (AvgIpc) is 3.57. The molecule has 1 aliphatic rings. The first-order chi connectivity index (χ1) is 19.7. The third kappa shape index (κ3) is 5.64. The predicted octanol–water partition coefficient (Wildman–Crippen LogP) is 5.00. The van der Waals surface area contributed by atoms with E-state index < -0.39 is 0 Å². The number of hydrogen-bond acceptors (Lipinski definition) is 5.